The number of fused-ring (bicyclic) bond motifs is 5. The second-order valence-electron chi connectivity index (χ2n) is 10.8. The molecule has 196 valence electrons. The van der Waals surface area contributed by atoms with Crippen LogP contribution in [0.3, 0.4) is 0 Å². The molecule has 0 atom stereocenters. The fraction of sp³-hybridized carbons (Fsp3) is 0.105. The van der Waals surface area contributed by atoms with Crippen LogP contribution in [0.2, 0.25) is 0 Å². The molecule has 0 heterocycles. The number of benzene rings is 4. The van der Waals surface area contributed by atoms with Crippen molar-refractivity contribution in [3.8, 4) is 11.1 Å². The van der Waals surface area contributed by atoms with Crippen molar-refractivity contribution in [3.63, 3.8) is 0 Å². The number of hydrogen-bond acceptors (Lipinski definition) is 2. The SMILES string of the molecule is C=Cc1cc(C=O)c(C(=O)/C(C)=C\c2ccc3c4c(ccc3c2)C(C)(C)C(=C)/C=C\c2ccccc2-4)cc1C=C. The minimum atomic E-state index is -0.239. The Morgan fingerprint density at radius 2 is 1.57 bits per heavy atom. The van der Waals surface area contributed by atoms with Gasteiger partial charge in [-0.05, 0) is 92.1 Å². The average Bonchev–Trinajstić information content (AvgIpc) is 2.97. The molecule has 0 amide bonds. The summed E-state index contributed by atoms with van der Waals surface area (Å²) < 4.78 is 0. The van der Waals surface area contributed by atoms with E-state index in [0.29, 0.717) is 23.0 Å². The fourth-order valence-electron chi connectivity index (χ4n) is 5.52. The van der Waals surface area contributed by atoms with Gasteiger partial charge in [0, 0.05) is 16.5 Å². The predicted octanol–water partition coefficient (Wildman–Crippen LogP) is 9.75. The number of rotatable bonds is 6. The first kappa shape index (κ1) is 26.8. The van der Waals surface area contributed by atoms with Crippen LogP contribution >= 0.6 is 0 Å². The van der Waals surface area contributed by atoms with E-state index in [1.807, 2.05) is 6.08 Å². The van der Waals surface area contributed by atoms with E-state index >= 15 is 0 Å². The molecule has 4 aromatic carbocycles. The van der Waals surface area contributed by atoms with Gasteiger partial charge in [-0.2, -0.15) is 0 Å². The lowest BCUT2D eigenvalue weighted by Crippen LogP contribution is -2.21. The molecular formula is C38H32O2. The van der Waals surface area contributed by atoms with E-state index in [-0.39, 0.29) is 11.2 Å². The van der Waals surface area contributed by atoms with Crippen molar-refractivity contribution in [1.29, 1.82) is 0 Å². The third kappa shape index (κ3) is 4.52. The molecule has 0 saturated heterocycles. The molecule has 0 bridgehead atoms. The maximum absolute atomic E-state index is 13.5. The average molecular weight is 521 g/mol. The van der Waals surface area contributed by atoms with Crippen LogP contribution in [0.4, 0.5) is 0 Å². The van der Waals surface area contributed by atoms with Crippen molar-refractivity contribution >= 4 is 47.1 Å². The Labute approximate surface area is 236 Å². The first-order valence-electron chi connectivity index (χ1n) is 13.3. The van der Waals surface area contributed by atoms with E-state index in [1.54, 1.807) is 31.2 Å². The summed E-state index contributed by atoms with van der Waals surface area (Å²) in [6.07, 6.45) is 10.2. The van der Waals surface area contributed by atoms with Crippen LogP contribution in [-0.2, 0) is 5.41 Å². The zero-order valence-electron chi connectivity index (χ0n) is 23.3. The lowest BCUT2D eigenvalue weighted by Gasteiger charge is -2.32. The van der Waals surface area contributed by atoms with E-state index in [9.17, 15) is 9.59 Å². The number of hydrogen-bond donors (Lipinski definition) is 0. The van der Waals surface area contributed by atoms with Crippen LogP contribution in [-0.4, -0.2) is 12.1 Å². The number of ketones is 1. The molecule has 1 aliphatic carbocycles. The molecule has 1 aliphatic rings. The summed E-state index contributed by atoms with van der Waals surface area (Å²) in [6, 6.07) is 22.5. The second kappa shape index (κ2) is 10.4. The molecule has 2 heteroatoms. The standard InChI is InChI=1S/C38H32O2/c1-7-27-21-31(23-39)34(22-28(27)8-2)37(40)24(3)19-26-14-17-33-30(20-26)16-18-35-36(33)32-12-10-9-11-29(32)15-13-25(4)38(35,5)6/h7-23H,1-2,4H2,3,5-6H3/b15-13-,24-19-. The largest absolute Gasteiger partial charge is 0.298 e. The van der Waals surface area contributed by atoms with Crippen LogP contribution in [0.5, 0.6) is 0 Å². The Kier molecular flexibility index (Phi) is 6.95. The molecule has 0 spiro atoms. The first-order chi connectivity index (χ1) is 19.2. The quantitative estimate of drug-likeness (QED) is 0.144. The van der Waals surface area contributed by atoms with E-state index in [2.05, 4.69) is 100 Å². The maximum atomic E-state index is 13.5. The van der Waals surface area contributed by atoms with Crippen molar-refractivity contribution in [2.75, 3.05) is 0 Å². The number of carbonyl (C=O) groups excluding carboxylic acids is 2. The van der Waals surface area contributed by atoms with Crippen LogP contribution < -0.4 is 0 Å². The third-order valence-corrected chi connectivity index (χ3v) is 8.02. The summed E-state index contributed by atoms with van der Waals surface area (Å²) in [7, 11) is 0. The third-order valence-electron chi connectivity index (χ3n) is 8.02. The van der Waals surface area contributed by atoms with Gasteiger partial charge in [-0.3, -0.25) is 9.59 Å². The van der Waals surface area contributed by atoms with E-state index in [1.165, 1.54) is 16.7 Å². The predicted molar refractivity (Wildman–Crippen MR) is 171 cm³/mol. The number of Topliss-reactive ketones (excluding diaryl/α,β-unsaturated/α-hetero) is 1. The normalized spacial score (nSPS) is 14.9. The smallest absolute Gasteiger partial charge is 0.189 e. The van der Waals surface area contributed by atoms with Crippen molar-refractivity contribution in [1.82, 2.24) is 0 Å². The Morgan fingerprint density at radius 3 is 2.30 bits per heavy atom. The molecule has 0 unspecified atom stereocenters. The topological polar surface area (TPSA) is 34.1 Å². The van der Waals surface area contributed by atoms with Gasteiger partial charge >= 0.3 is 0 Å². The summed E-state index contributed by atoms with van der Waals surface area (Å²) in [5, 5.41) is 2.24. The van der Waals surface area contributed by atoms with Gasteiger partial charge in [0.1, 0.15) is 0 Å². The van der Waals surface area contributed by atoms with Gasteiger partial charge in [0.05, 0.1) is 0 Å². The molecule has 40 heavy (non-hydrogen) atoms. The van der Waals surface area contributed by atoms with Gasteiger partial charge in [-0.15, -0.1) is 0 Å². The Morgan fingerprint density at radius 1 is 0.850 bits per heavy atom. The summed E-state index contributed by atoms with van der Waals surface area (Å²) in [6.45, 7) is 18.2. The lowest BCUT2D eigenvalue weighted by atomic mass is 9.72. The highest BCUT2D eigenvalue weighted by molar-refractivity contribution is 6.15. The summed E-state index contributed by atoms with van der Waals surface area (Å²) in [5.41, 5.74) is 9.31. The fourth-order valence-corrected chi connectivity index (χ4v) is 5.52. The highest BCUT2D eigenvalue weighted by Gasteiger charge is 2.29. The Bertz CT molecular complexity index is 1810. The molecule has 0 radical (unpaired) electrons. The van der Waals surface area contributed by atoms with Crippen molar-refractivity contribution in [2.24, 2.45) is 0 Å². The number of allylic oxidation sites excluding steroid dienone is 3. The molecule has 2 nitrogen and oxygen atoms in total. The minimum absolute atomic E-state index is 0.194. The molecule has 0 fully saturated rings. The van der Waals surface area contributed by atoms with Gasteiger partial charge in [0.25, 0.3) is 0 Å². The van der Waals surface area contributed by atoms with E-state index < -0.39 is 0 Å². The van der Waals surface area contributed by atoms with Crippen molar-refractivity contribution in [2.45, 2.75) is 26.2 Å². The zero-order valence-corrected chi connectivity index (χ0v) is 23.3. The highest BCUT2D eigenvalue weighted by atomic mass is 16.1. The molecule has 4 aromatic rings. The van der Waals surface area contributed by atoms with Gasteiger partial charge in [-0.1, -0.05) is 106 Å². The summed E-state index contributed by atoms with van der Waals surface area (Å²) in [5.74, 6) is -0.194. The van der Waals surface area contributed by atoms with E-state index in [0.717, 1.165) is 38.6 Å². The first-order valence-corrected chi connectivity index (χ1v) is 13.3. The minimum Gasteiger partial charge on any atom is -0.298 e. The monoisotopic (exact) mass is 520 g/mol. The Balaban J connectivity index is 1.63. The van der Waals surface area contributed by atoms with E-state index in [4.69, 9.17) is 0 Å². The van der Waals surface area contributed by atoms with Gasteiger partial charge in [0.15, 0.2) is 12.1 Å². The maximum Gasteiger partial charge on any atom is 0.189 e. The second-order valence-corrected chi connectivity index (χ2v) is 10.8. The van der Waals surface area contributed by atoms with Crippen LogP contribution in [0.1, 0.15) is 69.3 Å². The van der Waals surface area contributed by atoms with Crippen molar-refractivity contribution < 1.29 is 9.59 Å². The molecule has 0 aromatic heterocycles. The van der Waals surface area contributed by atoms with Crippen LogP contribution in [0, 0.1) is 0 Å². The van der Waals surface area contributed by atoms with Gasteiger partial charge in [-0.25, -0.2) is 0 Å². The summed E-state index contributed by atoms with van der Waals surface area (Å²) in [4.78, 5) is 25.3. The molecule has 0 aliphatic heterocycles. The number of aldehydes is 1. The number of carbonyl (C=O) groups is 2. The molecular weight excluding hydrogens is 488 g/mol. The van der Waals surface area contributed by atoms with Gasteiger partial charge < -0.3 is 0 Å². The summed E-state index contributed by atoms with van der Waals surface area (Å²) >= 11 is 0. The van der Waals surface area contributed by atoms with Crippen molar-refractivity contribution in [3.05, 3.63) is 143 Å². The highest BCUT2D eigenvalue weighted by Crippen LogP contribution is 2.45. The zero-order chi connectivity index (χ0) is 28.6. The van der Waals surface area contributed by atoms with Crippen LogP contribution in [0.25, 0.3) is 46.2 Å². The Hall–Kier alpha value is -4.82. The lowest BCUT2D eigenvalue weighted by molar-refractivity contribution is 0.102. The molecule has 0 saturated carbocycles. The van der Waals surface area contributed by atoms with Crippen LogP contribution in [0.15, 0.2) is 104 Å². The van der Waals surface area contributed by atoms with Gasteiger partial charge in [0.2, 0.25) is 0 Å². The molecule has 5 rings (SSSR count). The molecule has 0 N–H and O–H groups in total.